The molecule has 2 aliphatic rings. The van der Waals surface area contributed by atoms with Gasteiger partial charge in [0.1, 0.15) is 0 Å². The zero-order valence-corrected chi connectivity index (χ0v) is 18.3. The normalized spacial score (nSPS) is 19.5. The summed E-state index contributed by atoms with van der Waals surface area (Å²) in [4.78, 5) is 5.11. The Morgan fingerprint density at radius 2 is 1.86 bits per heavy atom. The summed E-state index contributed by atoms with van der Waals surface area (Å²) in [5, 5.41) is 0.829. The summed E-state index contributed by atoms with van der Waals surface area (Å²) < 4.78 is 0. The maximum atomic E-state index is 6.62. The first-order chi connectivity index (χ1) is 14.2. The van der Waals surface area contributed by atoms with Gasteiger partial charge in [-0.15, -0.1) is 0 Å². The zero-order chi connectivity index (χ0) is 20.2. The van der Waals surface area contributed by atoms with E-state index in [0.717, 1.165) is 23.6 Å². The first-order valence-corrected chi connectivity index (χ1v) is 11.3. The second-order valence-electron chi connectivity index (χ2n) is 8.34. The largest absolute Gasteiger partial charge is 0.280 e. The minimum absolute atomic E-state index is 0.515. The van der Waals surface area contributed by atoms with Crippen LogP contribution < -0.4 is 0 Å². The molecule has 0 saturated heterocycles. The van der Waals surface area contributed by atoms with Gasteiger partial charge in [-0.2, -0.15) is 0 Å². The lowest BCUT2D eigenvalue weighted by Gasteiger charge is -2.18. The smallest absolute Gasteiger partial charge is 0.0679 e. The summed E-state index contributed by atoms with van der Waals surface area (Å²) in [6.07, 6.45) is 13.9. The summed E-state index contributed by atoms with van der Waals surface area (Å²) >= 11 is 6.62. The maximum Gasteiger partial charge on any atom is 0.0679 e. The van der Waals surface area contributed by atoms with Crippen LogP contribution in [-0.4, -0.2) is 5.71 Å². The average molecular weight is 404 g/mol. The summed E-state index contributed by atoms with van der Waals surface area (Å²) in [5.74, 6) is 0.515. The van der Waals surface area contributed by atoms with Gasteiger partial charge in [-0.1, -0.05) is 61.0 Å². The molecular weight excluding hydrogens is 374 g/mol. The Bertz CT molecular complexity index is 980. The van der Waals surface area contributed by atoms with E-state index in [2.05, 4.69) is 62.4 Å². The monoisotopic (exact) mass is 403 g/mol. The second-order valence-corrected chi connectivity index (χ2v) is 8.75. The lowest BCUT2D eigenvalue weighted by molar-refractivity contribution is 0.621. The van der Waals surface area contributed by atoms with Crippen molar-refractivity contribution >= 4 is 17.3 Å². The van der Waals surface area contributed by atoms with Crippen molar-refractivity contribution in [3.05, 3.63) is 93.0 Å². The highest BCUT2D eigenvalue weighted by Gasteiger charge is 2.15. The number of rotatable bonds is 2. The van der Waals surface area contributed by atoms with E-state index in [-0.39, 0.29) is 0 Å². The molecule has 1 nitrogen and oxygen atoms in total. The Morgan fingerprint density at radius 1 is 1.03 bits per heavy atom. The Hall–Kier alpha value is -2.12. The Labute approximate surface area is 180 Å². The fraction of sp³-hybridized carbons (Fsp3) is 0.370. The van der Waals surface area contributed by atoms with E-state index in [9.17, 15) is 0 Å². The van der Waals surface area contributed by atoms with Crippen LogP contribution in [0.25, 0.3) is 0 Å². The van der Waals surface area contributed by atoms with Gasteiger partial charge in [0.05, 0.1) is 12.3 Å². The van der Waals surface area contributed by atoms with Gasteiger partial charge >= 0.3 is 0 Å². The van der Waals surface area contributed by atoms with Crippen molar-refractivity contribution in [2.75, 3.05) is 0 Å². The summed E-state index contributed by atoms with van der Waals surface area (Å²) in [7, 11) is 0. The Kier molecular flexibility index (Phi) is 6.35. The van der Waals surface area contributed by atoms with Gasteiger partial charge in [-0.05, 0) is 91.3 Å². The molecule has 0 N–H and O–H groups in total. The standard InChI is InChI=1S/C27H30ClN/c1-3-20-9-6-8-19(2)27(24-15-14-21-10-4-5-11-22(21)17-24)29-18-25-23(16-20)12-7-13-26(25)28/h6-9,12-15,17,20H,3-5,10-11,16,18H2,1-2H3. The van der Waals surface area contributed by atoms with Crippen LogP contribution in [0.4, 0.5) is 0 Å². The number of benzene rings is 2. The van der Waals surface area contributed by atoms with Crippen LogP contribution in [0.1, 0.15) is 60.9 Å². The second kappa shape index (κ2) is 9.13. The molecule has 0 amide bonds. The number of hydrogen-bond donors (Lipinski definition) is 0. The van der Waals surface area contributed by atoms with Gasteiger partial charge < -0.3 is 0 Å². The van der Waals surface area contributed by atoms with Gasteiger partial charge in [0.25, 0.3) is 0 Å². The number of hydrogen-bond acceptors (Lipinski definition) is 1. The highest BCUT2D eigenvalue weighted by atomic mass is 35.5. The van der Waals surface area contributed by atoms with Crippen LogP contribution in [0, 0.1) is 5.92 Å². The minimum atomic E-state index is 0.515. The van der Waals surface area contributed by atoms with Crippen LogP contribution in [0.15, 0.2) is 65.2 Å². The Morgan fingerprint density at radius 3 is 2.69 bits per heavy atom. The van der Waals surface area contributed by atoms with Gasteiger partial charge in [-0.25, -0.2) is 0 Å². The van der Waals surface area contributed by atoms with E-state index in [0.29, 0.717) is 12.5 Å². The molecule has 150 valence electrons. The van der Waals surface area contributed by atoms with Crippen molar-refractivity contribution in [2.24, 2.45) is 10.9 Å². The molecule has 0 spiro atoms. The first-order valence-electron chi connectivity index (χ1n) is 10.9. The molecule has 4 rings (SSSR count). The molecule has 0 aromatic heterocycles. The van der Waals surface area contributed by atoms with Crippen molar-refractivity contribution in [1.82, 2.24) is 0 Å². The fourth-order valence-corrected chi connectivity index (χ4v) is 4.77. The third-order valence-corrected chi connectivity index (χ3v) is 6.70. The topological polar surface area (TPSA) is 12.4 Å². The molecule has 1 heterocycles. The van der Waals surface area contributed by atoms with Crippen molar-refractivity contribution < 1.29 is 0 Å². The quantitative estimate of drug-likeness (QED) is 0.499. The summed E-state index contributed by atoms with van der Waals surface area (Å²) in [6, 6.07) is 13.2. The van der Waals surface area contributed by atoms with Crippen LogP contribution in [0.5, 0.6) is 0 Å². The molecule has 1 unspecified atom stereocenters. The van der Waals surface area contributed by atoms with Crippen molar-refractivity contribution in [3.63, 3.8) is 0 Å². The van der Waals surface area contributed by atoms with Crippen molar-refractivity contribution in [1.29, 1.82) is 0 Å². The van der Waals surface area contributed by atoms with E-state index in [1.165, 1.54) is 59.1 Å². The van der Waals surface area contributed by atoms with Crippen LogP contribution in [0.3, 0.4) is 0 Å². The zero-order valence-electron chi connectivity index (χ0n) is 17.5. The molecule has 1 aliphatic heterocycles. The summed E-state index contributed by atoms with van der Waals surface area (Å²) in [6.45, 7) is 5.06. The van der Waals surface area contributed by atoms with Crippen LogP contribution >= 0.6 is 11.6 Å². The van der Waals surface area contributed by atoms with Gasteiger partial charge in [0, 0.05) is 10.6 Å². The molecular formula is C27H30ClN. The molecule has 0 fully saturated rings. The van der Waals surface area contributed by atoms with Crippen molar-refractivity contribution in [2.45, 2.75) is 58.9 Å². The first kappa shape index (κ1) is 20.2. The highest BCUT2D eigenvalue weighted by molar-refractivity contribution is 6.31. The molecule has 2 heteroatoms. The number of allylic oxidation sites excluding steroid dienone is 4. The van der Waals surface area contributed by atoms with E-state index >= 15 is 0 Å². The highest BCUT2D eigenvalue weighted by Crippen LogP contribution is 2.27. The average Bonchev–Trinajstić information content (AvgIpc) is 2.77. The number of halogens is 1. The van der Waals surface area contributed by atoms with Gasteiger partial charge in [-0.3, -0.25) is 4.99 Å². The SMILES string of the molecule is CCC1C=CC=C(C)C(c2ccc3c(c2)CCCC3)=NCc2c(Cl)cccc2C1. The third kappa shape index (κ3) is 4.56. The summed E-state index contributed by atoms with van der Waals surface area (Å²) in [5.41, 5.74) is 9.03. The predicted octanol–water partition coefficient (Wildman–Crippen LogP) is 7.29. The Balaban J connectivity index is 1.79. The van der Waals surface area contributed by atoms with Gasteiger partial charge in [0.2, 0.25) is 0 Å². The molecule has 0 radical (unpaired) electrons. The number of fused-ring (bicyclic) bond motifs is 2. The van der Waals surface area contributed by atoms with Gasteiger partial charge in [0.15, 0.2) is 0 Å². The minimum Gasteiger partial charge on any atom is -0.280 e. The number of aryl methyl sites for hydroxylation is 2. The van der Waals surface area contributed by atoms with E-state index in [4.69, 9.17) is 16.6 Å². The molecule has 0 bridgehead atoms. The predicted molar refractivity (Wildman–Crippen MR) is 125 cm³/mol. The fourth-order valence-electron chi connectivity index (χ4n) is 4.52. The molecule has 2 aromatic rings. The van der Waals surface area contributed by atoms with E-state index in [1.54, 1.807) is 0 Å². The van der Waals surface area contributed by atoms with E-state index in [1.807, 2.05) is 6.07 Å². The van der Waals surface area contributed by atoms with Crippen molar-refractivity contribution in [3.8, 4) is 0 Å². The molecule has 2 aromatic carbocycles. The third-order valence-electron chi connectivity index (χ3n) is 6.34. The molecule has 0 saturated carbocycles. The maximum absolute atomic E-state index is 6.62. The lowest BCUT2D eigenvalue weighted by Crippen LogP contribution is -2.09. The lowest BCUT2D eigenvalue weighted by atomic mass is 9.89. The number of nitrogens with zero attached hydrogens (tertiary/aromatic N) is 1. The molecule has 1 aliphatic carbocycles. The number of aliphatic imine (C=N–C) groups is 1. The molecule has 29 heavy (non-hydrogen) atoms. The van der Waals surface area contributed by atoms with E-state index < -0.39 is 0 Å². The molecule has 1 atom stereocenters. The van der Waals surface area contributed by atoms with Crippen LogP contribution in [-0.2, 0) is 25.8 Å². The van der Waals surface area contributed by atoms with Crippen LogP contribution in [0.2, 0.25) is 5.02 Å².